The van der Waals surface area contributed by atoms with Crippen molar-refractivity contribution in [1.82, 2.24) is 20.2 Å². The molecule has 1 atom stereocenters. The van der Waals surface area contributed by atoms with Gasteiger partial charge in [0.1, 0.15) is 5.39 Å². The van der Waals surface area contributed by atoms with E-state index in [0.29, 0.717) is 17.0 Å². The van der Waals surface area contributed by atoms with Crippen molar-refractivity contribution in [1.29, 1.82) is 0 Å². The summed E-state index contributed by atoms with van der Waals surface area (Å²) in [5, 5.41) is 10.1. The molecule has 8 heteroatoms. The van der Waals surface area contributed by atoms with E-state index in [2.05, 4.69) is 41.4 Å². The minimum absolute atomic E-state index is 0.0554. The molecule has 0 aliphatic rings. The van der Waals surface area contributed by atoms with Crippen molar-refractivity contribution in [3.8, 4) is 0 Å². The molecule has 6 nitrogen and oxygen atoms in total. The van der Waals surface area contributed by atoms with E-state index in [1.165, 1.54) is 6.20 Å². The Bertz CT molecular complexity index is 777. The van der Waals surface area contributed by atoms with Gasteiger partial charge >= 0.3 is 0 Å². The van der Waals surface area contributed by atoms with Crippen LogP contribution in [0.4, 0.5) is 5.95 Å². The number of hydrogen-bond donors (Lipinski definition) is 3. The van der Waals surface area contributed by atoms with E-state index < -0.39 is 0 Å². The Morgan fingerprint density at radius 1 is 1.47 bits per heavy atom. The molecule has 3 N–H and O–H groups in total. The Balaban J connectivity index is 1.90. The third kappa shape index (κ3) is 2.41. The first kappa shape index (κ1) is 12.4. The monoisotopic (exact) mass is 339 g/mol. The number of nitrogens with zero attached hydrogens (tertiary/aromatic N) is 2. The zero-order valence-electron chi connectivity index (χ0n) is 9.90. The van der Waals surface area contributed by atoms with E-state index >= 15 is 0 Å². The van der Waals surface area contributed by atoms with Crippen LogP contribution in [0.25, 0.3) is 11.0 Å². The van der Waals surface area contributed by atoms with E-state index in [0.717, 1.165) is 8.66 Å². The van der Waals surface area contributed by atoms with Gasteiger partial charge in [0.2, 0.25) is 5.95 Å². The van der Waals surface area contributed by atoms with Crippen LogP contribution in [0, 0.1) is 0 Å². The second-order valence-corrected chi connectivity index (χ2v) is 6.55. The number of hydrogen-bond acceptors (Lipinski definition) is 5. The Hall–Kier alpha value is -1.67. The van der Waals surface area contributed by atoms with Gasteiger partial charge in [-0.2, -0.15) is 10.1 Å². The van der Waals surface area contributed by atoms with Crippen LogP contribution in [0.3, 0.4) is 0 Å². The van der Waals surface area contributed by atoms with E-state index in [1.54, 1.807) is 11.3 Å². The predicted octanol–water partition coefficient (Wildman–Crippen LogP) is 2.64. The number of rotatable bonds is 3. The number of anilines is 1. The Labute approximate surface area is 120 Å². The summed E-state index contributed by atoms with van der Waals surface area (Å²) >= 11 is 5.07. The topological polar surface area (TPSA) is 86.5 Å². The third-order valence-corrected chi connectivity index (χ3v) is 4.50. The highest BCUT2D eigenvalue weighted by molar-refractivity contribution is 9.11. The second kappa shape index (κ2) is 4.78. The highest BCUT2D eigenvalue weighted by Crippen LogP contribution is 2.28. The summed E-state index contributed by atoms with van der Waals surface area (Å²) in [5.41, 5.74) is 0.270. The summed E-state index contributed by atoms with van der Waals surface area (Å²) in [5.74, 6) is 0.429. The van der Waals surface area contributed by atoms with Gasteiger partial charge in [0, 0.05) is 4.88 Å². The summed E-state index contributed by atoms with van der Waals surface area (Å²) in [6.07, 6.45) is 1.46. The van der Waals surface area contributed by atoms with Crippen LogP contribution >= 0.6 is 27.3 Å². The van der Waals surface area contributed by atoms with E-state index in [9.17, 15) is 4.79 Å². The normalized spacial score (nSPS) is 12.7. The average Bonchev–Trinajstić information content (AvgIpc) is 2.97. The zero-order chi connectivity index (χ0) is 13.4. The van der Waals surface area contributed by atoms with Gasteiger partial charge in [0.05, 0.1) is 16.0 Å². The molecular weight excluding hydrogens is 330 g/mol. The molecule has 3 rings (SSSR count). The maximum Gasteiger partial charge on any atom is 0.263 e. The van der Waals surface area contributed by atoms with Gasteiger partial charge in [-0.05, 0) is 35.0 Å². The van der Waals surface area contributed by atoms with Gasteiger partial charge in [-0.3, -0.25) is 14.9 Å². The van der Waals surface area contributed by atoms with Crippen molar-refractivity contribution in [2.45, 2.75) is 13.0 Å². The molecule has 0 saturated carbocycles. The lowest BCUT2D eigenvalue weighted by atomic mass is 10.3. The predicted molar refractivity (Wildman–Crippen MR) is 78.6 cm³/mol. The second-order valence-electron chi connectivity index (χ2n) is 4.05. The van der Waals surface area contributed by atoms with E-state index in [4.69, 9.17) is 0 Å². The largest absolute Gasteiger partial charge is 0.348 e. The smallest absolute Gasteiger partial charge is 0.263 e. The van der Waals surface area contributed by atoms with Gasteiger partial charge in [-0.1, -0.05) is 0 Å². The molecule has 3 heterocycles. The van der Waals surface area contributed by atoms with Gasteiger partial charge in [-0.15, -0.1) is 11.3 Å². The molecule has 19 heavy (non-hydrogen) atoms. The van der Waals surface area contributed by atoms with Gasteiger partial charge in [-0.25, -0.2) is 0 Å². The number of aromatic nitrogens is 4. The minimum atomic E-state index is -0.208. The highest BCUT2D eigenvalue weighted by atomic mass is 79.9. The maximum atomic E-state index is 11.8. The molecule has 0 fully saturated rings. The van der Waals surface area contributed by atoms with Crippen LogP contribution in [0.2, 0.25) is 0 Å². The molecule has 0 amide bonds. The van der Waals surface area contributed by atoms with Crippen LogP contribution in [0.5, 0.6) is 0 Å². The first-order chi connectivity index (χ1) is 9.13. The Morgan fingerprint density at radius 3 is 3.05 bits per heavy atom. The number of fused-ring (bicyclic) bond motifs is 1. The van der Waals surface area contributed by atoms with Crippen molar-refractivity contribution >= 4 is 44.2 Å². The molecule has 0 aliphatic heterocycles. The van der Waals surface area contributed by atoms with Crippen molar-refractivity contribution in [2.75, 3.05) is 5.32 Å². The van der Waals surface area contributed by atoms with Crippen LogP contribution in [0.15, 0.2) is 26.9 Å². The van der Waals surface area contributed by atoms with Gasteiger partial charge in [0.15, 0.2) is 5.65 Å². The van der Waals surface area contributed by atoms with Crippen molar-refractivity contribution < 1.29 is 0 Å². The molecule has 0 bridgehead atoms. The summed E-state index contributed by atoms with van der Waals surface area (Å²) in [6, 6.07) is 4.07. The fraction of sp³-hybridized carbons (Fsp3) is 0.182. The molecule has 0 unspecified atom stereocenters. The molecule has 0 saturated heterocycles. The first-order valence-corrected chi connectivity index (χ1v) is 7.19. The molecule has 0 radical (unpaired) electrons. The third-order valence-electron chi connectivity index (χ3n) is 2.69. The summed E-state index contributed by atoms with van der Waals surface area (Å²) in [7, 11) is 0. The van der Waals surface area contributed by atoms with Crippen LogP contribution in [-0.2, 0) is 0 Å². The van der Waals surface area contributed by atoms with Crippen LogP contribution < -0.4 is 10.9 Å². The van der Waals surface area contributed by atoms with E-state index in [-0.39, 0.29) is 11.6 Å². The fourth-order valence-electron chi connectivity index (χ4n) is 1.75. The molecule has 98 valence electrons. The average molecular weight is 340 g/mol. The fourth-order valence-corrected chi connectivity index (χ4v) is 3.18. The van der Waals surface area contributed by atoms with Crippen LogP contribution in [0.1, 0.15) is 17.8 Å². The lowest BCUT2D eigenvalue weighted by Crippen LogP contribution is -2.14. The lowest BCUT2D eigenvalue weighted by molar-refractivity contribution is 0.880. The Kier molecular flexibility index (Phi) is 3.11. The molecule has 0 aliphatic carbocycles. The van der Waals surface area contributed by atoms with Crippen molar-refractivity contribution in [3.05, 3.63) is 37.3 Å². The lowest BCUT2D eigenvalue weighted by Gasteiger charge is -2.11. The molecule has 3 aromatic rings. The SMILES string of the molecule is C[C@H](Nc1nc2[nH]ncc2c(=O)[nH]1)c1ccc(Br)s1. The molecule has 0 aromatic carbocycles. The Morgan fingerprint density at radius 2 is 2.32 bits per heavy atom. The number of H-pyrrole nitrogens is 2. The number of aromatic amines is 2. The summed E-state index contributed by atoms with van der Waals surface area (Å²) in [4.78, 5) is 19.9. The van der Waals surface area contributed by atoms with Gasteiger partial charge in [0.25, 0.3) is 5.56 Å². The zero-order valence-corrected chi connectivity index (χ0v) is 12.3. The quantitative estimate of drug-likeness (QED) is 0.684. The van der Waals surface area contributed by atoms with Gasteiger partial charge < -0.3 is 5.32 Å². The number of halogens is 1. The van der Waals surface area contributed by atoms with Crippen molar-refractivity contribution in [3.63, 3.8) is 0 Å². The number of nitrogens with one attached hydrogen (secondary N) is 3. The number of thiophene rings is 1. The highest BCUT2D eigenvalue weighted by Gasteiger charge is 2.11. The minimum Gasteiger partial charge on any atom is -0.348 e. The van der Waals surface area contributed by atoms with E-state index in [1.807, 2.05) is 19.1 Å². The first-order valence-electron chi connectivity index (χ1n) is 5.58. The van der Waals surface area contributed by atoms with Crippen molar-refractivity contribution in [2.24, 2.45) is 0 Å². The molecule has 0 spiro atoms. The molecular formula is C11H10BrN5OS. The summed E-state index contributed by atoms with van der Waals surface area (Å²) < 4.78 is 1.07. The molecule has 3 aromatic heterocycles. The summed E-state index contributed by atoms with van der Waals surface area (Å²) in [6.45, 7) is 2.01. The maximum absolute atomic E-state index is 11.8. The van der Waals surface area contributed by atoms with Crippen LogP contribution in [-0.4, -0.2) is 20.2 Å². The standard InChI is InChI=1S/C11H10BrN5OS/c1-5(7-2-3-8(12)19-7)14-11-15-9-6(4-13-17-9)10(18)16-11/h2-5H,1H3,(H3,13,14,15,16,17,18)/t5-/m0/s1.